The molecular weight excluding hydrogens is 260 g/mol. The van der Waals surface area contributed by atoms with Gasteiger partial charge >= 0.3 is 12.0 Å². The van der Waals surface area contributed by atoms with Gasteiger partial charge in [0, 0.05) is 38.4 Å². The summed E-state index contributed by atoms with van der Waals surface area (Å²) in [6.45, 7) is 3.20. The van der Waals surface area contributed by atoms with Crippen LogP contribution in [-0.2, 0) is 18.4 Å². The molecule has 20 heavy (non-hydrogen) atoms. The Labute approximate surface area is 117 Å². The van der Waals surface area contributed by atoms with Crippen LogP contribution in [0.3, 0.4) is 0 Å². The van der Waals surface area contributed by atoms with Crippen molar-refractivity contribution in [3.63, 3.8) is 0 Å². The maximum absolute atomic E-state index is 12.1. The van der Waals surface area contributed by atoms with E-state index in [1.54, 1.807) is 9.58 Å². The molecule has 0 aromatic carbocycles. The van der Waals surface area contributed by atoms with Crippen LogP contribution in [0.1, 0.15) is 24.1 Å². The lowest BCUT2D eigenvalue weighted by atomic mass is 9.99. The van der Waals surface area contributed by atoms with Gasteiger partial charge in [-0.2, -0.15) is 5.10 Å². The van der Waals surface area contributed by atoms with E-state index in [4.69, 9.17) is 5.11 Å². The van der Waals surface area contributed by atoms with Gasteiger partial charge < -0.3 is 15.3 Å². The first-order valence-corrected chi connectivity index (χ1v) is 6.72. The molecule has 1 aliphatic rings. The van der Waals surface area contributed by atoms with Crippen molar-refractivity contribution in [3.8, 4) is 0 Å². The molecule has 1 saturated heterocycles. The molecule has 2 N–H and O–H groups in total. The van der Waals surface area contributed by atoms with Gasteiger partial charge in [-0.15, -0.1) is 0 Å². The van der Waals surface area contributed by atoms with Crippen molar-refractivity contribution in [1.29, 1.82) is 0 Å². The van der Waals surface area contributed by atoms with Crippen LogP contribution in [0.4, 0.5) is 4.79 Å². The van der Waals surface area contributed by atoms with Crippen LogP contribution >= 0.6 is 0 Å². The summed E-state index contributed by atoms with van der Waals surface area (Å²) in [5.41, 5.74) is 1.85. The number of nitrogens with zero attached hydrogens (tertiary/aromatic N) is 3. The highest BCUT2D eigenvalue weighted by molar-refractivity contribution is 5.76. The van der Waals surface area contributed by atoms with E-state index in [1.165, 1.54) is 0 Å². The van der Waals surface area contributed by atoms with Crippen LogP contribution < -0.4 is 5.32 Å². The molecule has 1 aromatic heterocycles. The molecule has 7 heteroatoms. The van der Waals surface area contributed by atoms with E-state index >= 15 is 0 Å². The standard InChI is InChI=1S/C13H20N4O3/c1-9-11(7-16(2)15-9)6-14-13(20)17-5-3-4-10(8-17)12(18)19/h7,10H,3-6,8H2,1-2H3,(H,14,20)(H,18,19). The summed E-state index contributed by atoms with van der Waals surface area (Å²) < 4.78 is 1.71. The van der Waals surface area contributed by atoms with E-state index in [0.717, 1.165) is 17.7 Å². The second kappa shape index (κ2) is 5.94. The number of urea groups is 1. The first kappa shape index (κ1) is 14.4. The topological polar surface area (TPSA) is 87.5 Å². The highest BCUT2D eigenvalue weighted by Gasteiger charge is 2.27. The number of carbonyl (C=O) groups excluding carboxylic acids is 1. The molecule has 0 radical (unpaired) electrons. The largest absolute Gasteiger partial charge is 0.481 e. The first-order chi connectivity index (χ1) is 9.47. The smallest absolute Gasteiger partial charge is 0.317 e. The van der Waals surface area contributed by atoms with Crippen molar-refractivity contribution in [3.05, 3.63) is 17.5 Å². The van der Waals surface area contributed by atoms with E-state index in [-0.39, 0.29) is 12.6 Å². The highest BCUT2D eigenvalue weighted by atomic mass is 16.4. The predicted molar refractivity (Wildman–Crippen MR) is 72.1 cm³/mol. The van der Waals surface area contributed by atoms with Crippen LogP contribution in [0.25, 0.3) is 0 Å². The Morgan fingerprint density at radius 1 is 1.55 bits per heavy atom. The van der Waals surface area contributed by atoms with Crippen molar-refractivity contribution in [1.82, 2.24) is 20.0 Å². The van der Waals surface area contributed by atoms with E-state index in [9.17, 15) is 9.59 Å². The molecule has 1 atom stereocenters. The zero-order chi connectivity index (χ0) is 14.7. The van der Waals surface area contributed by atoms with Crippen molar-refractivity contribution < 1.29 is 14.7 Å². The van der Waals surface area contributed by atoms with Gasteiger partial charge in [-0.05, 0) is 19.8 Å². The molecule has 0 saturated carbocycles. The second-order valence-corrected chi connectivity index (χ2v) is 5.20. The number of aliphatic carboxylic acids is 1. The van der Waals surface area contributed by atoms with E-state index in [1.807, 2.05) is 20.2 Å². The summed E-state index contributed by atoms with van der Waals surface area (Å²) in [5, 5.41) is 16.0. The Kier molecular flexibility index (Phi) is 4.26. The third-order valence-corrected chi connectivity index (χ3v) is 3.60. The Balaban J connectivity index is 1.88. The lowest BCUT2D eigenvalue weighted by Gasteiger charge is -2.30. The first-order valence-electron chi connectivity index (χ1n) is 6.72. The zero-order valence-corrected chi connectivity index (χ0v) is 11.8. The summed E-state index contributed by atoms with van der Waals surface area (Å²) in [5.74, 6) is -1.28. The molecule has 1 unspecified atom stereocenters. The molecule has 0 bridgehead atoms. The monoisotopic (exact) mass is 280 g/mol. The maximum Gasteiger partial charge on any atom is 0.317 e. The SMILES string of the molecule is Cc1nn(C)cc1CNC(=O)N1CCCC(C(=O)O)C1. The van der Waals surface area contributed by atoms with Crippen LogP contribution in [0, 0.1) is 12.8 Å². The number of carboxylic acids is 1. The molecule has 1 aliphatic heterocycles. The average molecular weight is 280 g/mol. The fourth-order valence-corrected chi connectivity index (χ4v) is 2.47. The Bertz CT molecular complexity index is 512. The highest BCUT2D eigenvalue weighted by Crippen LogP contribution is 2.16. The van der Waals surface area contributed by atoms with Crippen LogP contribution in [0.5, 0.6) is 0 Å². The minimum Gasteiger partial charge on any atom is -0.481 e. The number of nitrogens with one attached hydrogen (secondary N) is 1. The summed E-state index contributed by atoms with van der Waals surface area (Å²) in [7, 11) is 1.83. The number of aryl methyl sites for hydroxylation is 2. The van der Waals surface area contributed by atoms with Gasteiger partial charge in [0.2, 0.25) is 0 Å². The van der Waals surface area contributed by atoms with Gasteiger partial charge in [0.05, 0.1) is 11.6 Å². The predicted octanol–water partition coefficient (Wildman–Crippen LogP) is 0.735. The van der Waals surface area contributed by atoms with Gasteiger partial charge in [-0.1, -0.05) is 0 Å². The van der Waals surface area contributed by atoms with Crippen molar-refractivity contribution >= 4 is 12.0 Å². The Hall–Kier alpha value is -2.05. The maximum atomic E-state index is 12.1. The molecule has 0 aliphatic carbocycles. The van der Waals surface area contributed by atoms with Crippen LogP contribution in [-0.4, -0.2) is 44.9 Å². The number of aromatic nitrogens is 2. The molecule has 7 nitrogen and oxygen atoms in total. The summed E-state index contributed by atoms with van der Waals surface area (Å²) >= 11 is 0. The third-order valence-electron chi connectivity index (χ3n) is 3.60. The van der Waals surface area contributed by atoms with Crippen LogP contribution in [0.2, 0.25) is 0 Å². The summed E-state index contributed by atoms with van der Waals surface area (Å²) in [6.07, 6.45) is 3.24. The molecule has 2 rings (SSSR count). The fourth-order valence-electron chi connectivity index (χ4n) is 2.47. The fraction of sp³-hybridized carbons (Fsp3) is 0.615. The van der Waals surface area contributed by atoms with Crippen molar-refractivity contribution in [2.45, 2.75) is 26.3 Å². The van der Waals surface area contributed by atoms with Gasteiger partial charge in [-0.3, -0.25) is 9.48 Å². The third kappa shape index (κ3) is 3.28. The minimum absolute atomic E-state index is 0.209. The minimum atomic E-state index is -0.828. The van der Waals surface area contributed by atoms with Gasteiger partial charge in [0.15, 0.2) is 0 Å². The number of amides is 2. The number of likely N-dealkylation sites (tertiary alicyclic amines) is 1. The van der Waals surface area contributed by atoms with Crippen molar-refractivity contribution in [2.75, 3.05) is 13.1 Å². The summed E-state index contributed by atoms with van der Waals surface area (Å²) in [6, 6.07) is -0.209. The second-order valence-electron chi connectivity index (χ2n) is 5.20. The lowest BCUT2D eigenvalue weighted by molar-refractivity contribution is -0.143. The molecule has 110 valence electrons. The Morgan fingerprint density at radius 2 is 2.30 bits per heavy atom. The molecule has 0 spiro atoms. The molecule has 1 aromatic rings. The summed E-state index contributed by atoms with van der Waals surface area (Å²) in [4.78, 5) is 24.6. The molecular formula is C13H20N4O3. The molecule has 2 amide bonds. The number of hydrogen-bond donors (Lipinski definition) is 2. The van der Waals surface area contributed by atoms with E-state index < -0.39 is 11.9 Å². The van der Waals surface area contributed by atoms with E-state index in [2.05, 4.69) is 10.4 Å². The zero-order valence-electron chi connectivity index (χ0n) is 11.8. The average Bonchev–Trinajstić information content (AvgIpc) is 2.74. The van der Waals surface area contributed by atoms with Gasteiger partial charge in [0.25, 0.3) is 0 Å². The number of carbonyl (C=O) groups is 2. The quantitative estimate of drug-likeness (QED) is 0.854. The molecule has 1 fully saturated rings. The van der Waals surface area contributed by atoms with E-state index in [0.29, 0.717) is 19.5 Å². The normalized spacial score (nSPS) is 18.9. The van der Waals surface area contributed by atoms with Crippen molar-refractivity contribution in [2.24, 2.45) is 13.0 Å². The molecule has 2 heterocycles. The number of piperidine rings is 1. The Morgan fingerprint density at radius 3 is 2.90 bits per heavy atom. The lowest BCUT2D eigenvalue weighted by Crippen LogP contribution is -2.46. The number of carboxylic acid groups (broad SMARTS) is 1. The number of rotatable bonds is 3. The van der Waals surface area contributed by atoms with Gasteiger partial charge in [0.1, 0.15) is 0 Å². The van der Waals surface area contributed by atoms with Crippen LogP contribution in [0.15, 0.2) is 6.20 Å². The number of hydrogen-bond acceptors (Lipinski definition) is 3. The van der Waals surface area contributed by atoms with Gasteiger partial charge in [-0.25, -0.2) is 4.79 Å².